The number of alkyl halides is 3. The van der Waals surface area contributed by atoms with Gasteiger partial charge in [-0.15, -0.1) is 0 Å². The predicted molar refractivity (Wildman–Crippen MR) is 66.6 cm³/mol. The molecule has 106 valence electrons. The first kappa shape index (κ1) is 14.5. The molecule has 0 fully saturated rings. The van der Waals surface area contributed by atoms with E-state index in [1.165, 1.54) is 37.3 Å². The van der Waals surface area contributed by atoms with Crippen LogP contribution in [0.1, 0.15) is 28.4 Å². The maximum atomic E-state index is 13.2. The molecule has 2 aromatic rings. The molecule has 1 unspecified atom stereocenters. The molecule has 0 amide bonds. The molecule has 0 aromatic heterocycles. The van der Waals surface area contributed by atoms with Crippen molar-refractivity contribution in [2.75, 3.05) is 0 Å². The monoisotopic (exact) mass is 284 g/mol. The largest absolute Gasteiger partial charge is 0.416 e. The Morgan fingerprint density at radius 3 is 2.25 bits per heavy atom. The molecule has 0 radical (unpaired) electrons. The van der Waals surface area contributed by atoms with Gasteiger partial charge in [0.05, 0.1) is 5.56 Å². The number of benzene rings is 2. The van der Waals surface area contributed by atoms with E-state index in [-0.39, 0.29) is 5.56 Å². The van der Waals surface area contributed by atoms with Gasteiger partial charge in [0, 0.05) is 0 Å². The van der Waals surface area contributed by atoms with E-state index in [4.69, 9.17) is 0 Å². The molecule has 1 atom stereocenters. The molecule has 0 heterocycles. The fraction of sp³-hybridized carbons (Fsp3) is 0.200. The Kier molecular flexibility index (Phi) is 3.81. The van der Waals surface area contributed by atoms with Crippen LogP contribution in [-0.4, -0.2) is 5.11 Å². The van der Waals surface area contributed by atoms with Gasteiger partial charge in [-0.25, -0.2) is 4.39 Å². The number of aliphatic hydroxyl groups is 1. The lowest BCUT2D eigenvalue weighted by Crippen LogP contribution is -2.07. The van der Waals surface area contributed by atoms with Crippen molar-refractivity contribution in [2.24, 2.45) is 0 Å². The summed E-state index contributed by atoms with van der Waals surface area (Å²) < 4.78 is 51.0. The normalized spacial score (nSPS) is 13.3. The quantitative estimate of drug-likeness (QED) is 0.818. The van der Waals surface area contributed by atoms with Crippen molar-refractivity contribution in [2.45, 2.75) is 19.2 Å². The van der Waals surface area contributed by atoms with Crippen molar-refractivity contribution in [1.29, 1.82) is 0 Å². The molecule has 2 aromatic carbocycles. The van der Waals surface area contributed by atoms with Crippen molar-refractivity contribution in [3.8, 4) is 0 Å². The average Bonchev–Trinajstić information content (AvgIpc) is 2.40. The van der Waals surface area contributed by atoms with Gasteiger partial charge >= 0.3 is 6.18 Å². The van der Waals surface area contributed by atoms with E-state index < -0.39 is 23.7 Å². The third-order valence-electron chi connectivity index (χ3n) is 3.03. The molecule has 1 N–H and O–H groups in total. The summed E-state index contributed by atoms with van der Waals surface area (Å²) in [5.74, 6) is -0.426. The molecule has 0 aliphatic rings. The van der Waals surface area contributed by atoms with Crippen molar-refractivity contribution >= 4 is 0 Å². The average molecular weight is 284 g/mol. The fourth-order valence-corrected chi connectivity index (χ4v) is 1.92. The van der Waals surface area contributed by atoms with Gasteiger partial charge in [-0.1, -0.05) is 24.3 Å². The van der Waals surface area contributed by atoms with E-state index in [2.05, 4.69) is 0 Å². The third kappa shape index (κ3) is 2.99. The van der Waals surface area contributed by atoms with Gasteiger partial charge in [0.15, 0.2) is 0 Å². The molecular formula is C15H12F4O. The second-order valence-electron chi connectivity index (χ2n) is 4.53. The summed E-state index contributed by atoms with van der Waals surface area (Å²) in [6.45, 7) is 1.53. The highest BCUT2D eigenvalue weighted by Gasteiger charge is 2.31. The molecule has 20 heavy (non-hydrogen) atoms. The third-order valence-corrected chi connectivity index (χ3v) is 3.03. The second-order valence-corrected chi connectivity index (χ2v) is 4.53. The summed E-state index contributed by atoms with van der Waals surface area (Å²) in [5, 5.41) is 10.1. The first-order chi connectivity index (χ1) is 9.29. The highest BCUT2D eigenvalue weighted by atomic mass is 19.4. The standard InChI is InChI=1S/C15H12F4O/c1-9-7-11(5-6-13(9)16)14(20)10-3-2-4-12(8-10)15(17,18)19/h2-8,14,20H,1H3. The highest BCUT2D eigenvalue weighted by molar-refractivity contribution is 5.35. The minimum Gasteiger partial charge on any atom is -0.384 e. The Bertz CT molecular complexity index is 620. The Labute approximate surface area is 113 Å². The molecule has 2 rings (SSSR count). The number of hydrogen-bond donors (Lipinski definition) is 1. The van der Waals surface area contributed by atoms with Gasteiger partial charge in [0.25, 0.3) is 0 Å². The van der Waals surface area contributed by atoms with E-state index in [9.17, 15) is 22.7 Å². The van der Waals surface area contributed by atoms with Crippen molar-refractivity contribution in [3.63, 3.8) is 0 Å². The summed E-state index contributed by atoms with van der Waals surface area (Å²) >= 11 is 0. The molecular weight excluding hydrogens is 272 g/mol. The van der Waals surface area contributed by atoms with Gasteiger partial charge in [0.1, 0.15) is 11.9 Å². The second kappa shape index (κ2) is 5.25. The van der Waals surface area contributed by atoms with Crippen LogP contribution >= 0.6 is 0 Å². The van der Waals surface area contributed by atoms with Gasteiger partial charge in [-0.3, -0.25) is 0 Å². The number of hydrogen-bond acceptors (Lipinski definition) is 1. The maximum Gasteiger partial charge on any atom is 0.416 e. The summed E-state index contributed by atoms with van der Waals surface area (Å²) in [6.07, 6.45) is -5.69. The molecule has 0 aliphatic heterocycles. The van der Waals surface area contributed by atoms with Crippen molar-refractivity contribution in [1.82, 2.24) is 0 Å². The van der Waals surface area contributed by atoms with Crippen LogP contribution in [0.5, 0.6) is 0 Å². The van der Waals surface area contributed by atoms with Crippen LogP contribution in [0.15, 0.2) is 42.5 Å². The number of aliphatic hydroxyl groups excluding tert-OH is 1. The van der Waals surface area contributed by atoms with E-state index in [0.717, 1.165) is 12.1 Å². The molecule has 0 aliphatic carbocycles. The van der Waals surface area contributed by atoms with Crippen LogP contribution in [-0.2, 0) is 6.18 Å². The first-order valence-electron chi connectivity index (χ1n) is 5.90. The van der Waals surface area contributed by atoms with E-state index in [1.807, 2.05) is 0 Å². The Morgan fingerprint density at radius 1 is 1.00 bits per heavy atom. The number of halogens is 4. The van der Waals surface area contributed by atoms with Crippen LogP contribution in [0, 0.1) is 12.7 Å². The van der Waals surface area contributed by atoms with Crippen LogP contribution in [0.3, 0.4) is 0 Å². The Hall–Kier alpha value is -1.88. The lowest BCUT2D eigenvalue weighted by molar-refractivity contribution is -0.137. The van der Waals surface area contributed by atoms with Crippen LogP contribution < -0.4 is 0 Å². The lowest BCUT2D eigenvalue weighted by atomic mass is 9.98. The van der Waals surface area contributed by atoms with E-state index in [0.29, 0.717) is 11.1 Å². The summed E-state index contributed by atoms with van der Waals surface area (Å²) in [5.41, 5.74) is -0.0320. The molecule has 0 saturated heterocycles. The fourth-order valence-electron chi connectivity index (χ4n) is 1.92. The Morgan fingerprint density at radius 2 is 1.65 bits per heavy atom. The van der Waals surface area contributed by atoms with Gasteiger partial charge < -0.3 is 5.11 Å². The van der Waals surface area contributed by atoms with Gasteiger partial charge in [-0.2, -0.15) is 13.2 Å². The van der Waals surface area contributed by atoms with Crippen LogP contribution in [0.4, 0.5) is 17.6 Å². The topological polar surface area (TPSA) is 20.2 Å². The van der Waals surface area contributed by atoms with Gasteiger partial charge in [0.2, 0.25) is 0 Å². The Balaban J connectivity index is 2.38. The minimum absolute atomic E-state index is 0.117. The number of rotatable bonds is 2. The molecule has 0 saturated carbocycles. The molecule has 5 heteroatoms. The lowest BCUT2D eigenvalue weighted by Gasteiger charge is -2.14. The van der Waals surface area contributed by atoms with Crippen molar-refractivity contribution < 1.29 is 22.7 Å². The minimum atomic E-state index is -4.46. The summed E-state index contributed by atoms with van der Waals surface area (Å²) in [6, 6.07) is 8.42. The molecule has 1 nitrogen and oxygen atoms in total. The first-order valence-corrected chi connectivity index (χ1v) is 5.90. The number of aryl methyl sites for hydroxylation is 1. The van der Waals surface area contributed by atoms with E-state index in [1.54, 1.807) is 0 Å². The smallest absolute Gasteiger partial charge is 0.384 e. The van der Waals surface area contributed by atoms with E-state index >= 15 is 0 Å². The van der Waals surface area contributed by atoms with Gasteiger partial charge in [-0.05, 0) is 41.8 Å². The highest BCUT2D eigenvalue weighted by Crippen LogP contribution is 2.32. The predicted octanol–water partition coefficient (Wildman–Crippen LogP) is 4.23. The SMILES string of the molecule is Cc1cc(C(O)c2cccc(C(F)(F)F)c2)ccc1F. The molecule has 0 spiro atoms. The molecule has 0 bridgehead atoms. The van der Waals surface area contributed by atoms with Crippen LogP contribution in [0.2, 0.25) is 0 Å². The van der Waals surface area contributed by atoms with Crippen LogP contribution in [0.25, 0.3) is 0 Å². The van der Waals surface area contributed by atoms with Crippen molar-refractivity contribution in [3.05, 3.63) is 70.5 Å². The zero-order valence-electron chi connectivity index (χ0n) is 10.6. The zero-order chi connectivity index (χ0) is 14.9. The summed E-state index contributed by atoms with van der Waals surface area (Å²) in [7, 11) is 0. The summed E-state index contributed by atoms with van der Waals surface area (Å²) in [4.78, 5) is 0. The maximum absolute atomic E-state index is 13.2. The zero-order valence-corrected chi connectivity index (χ0v) is 10.6.